The normalized spacial score (nSPS) is 19.7. The lowest BCUT2D eigenvalue weighted by Gasteiger charge is -2.28. The van der Waals surface area contributed by atoms with Crippen molar-refractivity contribution in [2.24, 2.45) is 39.4 Å². The predicted molar refractivity (Wildman–Crippen MR) is 309 cm³/mol. The molecule has 1 rings (SSSR count). The molecule has 0 aliphatic carbocycles. The lowest BCUT2D eigenvalue weighted by molar-refractivity contribution is -0.135. The molecule has 0 spiro atoms. The predicted octanol–water partition coefficient (Wildman–Crippen LogP) is 0.723. The zero-order valence-electron chi connectivity index (χ0n) is 48.0. The van der Waals surface area contributed by atoms with Crippen LogP contribution in [-0.2, 0) is 38.4 Å². The topological polar surface area (TPSA) is 422 Å². The fourth-order valence-corrected chi connectivity index (χ4v) is 9.29. The van der Waals surface area contributed by atoms with Crippen molar-refractivity contribution in [3.63, 3.8) is 0 Å². The average Bonchev–Trinajstić information content (AvgIpc) is 3.41. The summed E-state index contributed by atoms with van der Waals surface area (Å²) in [5, 5.41) is 32.7. The summed E-state index contributed by atoms with van der Waals surface area (Å²) in [5.41, 5.74) is 34.2. The highest BCUT2D eigenvalue weighted by molar-refractivity contribution is 5.97. The van der Waals surface area contributed by atoms with Crippen LogP contribution in [0.5, 0.6) is 0 Å². The van der Waals surface area contributed by atoms with Crippen molar-refractivity contribution in [1.82, 2.24) is 42.5 Å². The minimum atomic E-state index is -1.26. The molecule has 1 heterocycles. The summed E-state index contributed by atoms with van der Waals surface area (Å²) in [6.07, 6.45) is 19.3. The molecule has 1 aliphatic rings. The molecule has 79 heavy (non-hydrogen) atoms. The molecule has 21 N–H and O–H groups in total. The molecule has 8 amide bonds. The van der Waals surface area contributed by atoms with Gasteiger partial charge in [0.05, 0.1) is 19.1 Å². The average molecular weight is 1120 g/mol. The van der Waals surface area contributed by atoms with E-state index in [1.54, 1.807) is 0 Å². The Morgan fingerprint density at radius 3 is 1.46 bits per heavy atom. The maximum Gasteiger partial charge on any atom is 0.243 e. The van der Waals surface area contributed by atoms with Gasteiger partial charge in [0.25, 0.3) is 0 Å². The molecule has 1 fully saturated rings. The van der Waals surface area contributed by atoms with Crippen molar-refractivity contribution in [2.75, 3.05) is 45.8 Å². The Morgan fingerprint density at radius 2 is 1.00 bits per heavy atom. The number of unbranched alkanes of at least 4 members (excludes halogenated alkanes) is 15. The van der Waals surface area contributed by atoms with Gasteiger partial charge in [0.1, 0.15) is 36.3 Å². The number of aliphatic hydroxyl groups excluding tert-OH is 1. The number of hydrogen-bond donors (Lipinski definition) is 15. The first-order chi connectivity index (χ1) is 38.1. The second-order valence-electron chi connectivity index (χ2n) is 21.1. The minimum Gasteiger partial charge on any atom is -0.393 e. The fourth-order valence-electron chi connectivity index (χ4n) is 9.29. The summed E-state index contributed by atoms with van der Waals surface area (Å²) < 4.78 is 0. The third kappa shape index (κ3) is 35.9. The number of hydrogen-bond acceptors (Lipinski definition) is 14. The van der Waals surface area contributed by atoms with Crippen molar-refractivity contribution in [3.8, 4) is 0 Å². The van der Waals surface area contributed by atoms with E-state index in [2.05, 4.69) is 54.5 Å². The number of nitrogens with one attached hydrogen (secondary N) is 8. The van der Waals surface area contributed by atoms with E-state index < -0.39 is 96.2 Å². The Balaban J connectivity index is 3.36. The minimum absolute atomic E-state index is 0.0228. The van der Waals surface area contributed by atoms with Crippen LogP contribution < -0.4 is 76.9 Å². The SMILES string of the molecule is CCCCCCCCCCCCCC[C@@H](O)CC(=O)NCC(=O)N[C@@H](CCCN=C(N)N)C(=O)NC1CCCCNC(=O)C(CCCCN)NC(=O)[C@@H](CCCCN)NC(=O)[C@@H](CCCCN)NC(=O)C(CCCCN)NC1=O. The first kappa shape index (κ1) is 71.8. The molecule has 24 nitrogen and oxygen atoms in total. The molecular weight excluding hydrogens is 1010 g/mol. The molecular formula is C55H107N15O9. The second kappa shape index (κ2) is 46.6. The van der Waals surface area contributed by atoms with Crippen molar-refractivity contribution in [1.29, 1.82) is 0 Å². The number of rotatable bonds is 40. The molecule has 0 bridgehead atoms. The van der Waals surface area contributed by atoms with Gasteiger partial charge in [0.2, 0.25) is 47.3 Å². The first-order valence-electron chi connectivity index (χ1n) is 30.0. The Hall–Kier alpha value is -5.17. The highest BCUT2D eigenvalue weighted by atomic mass is 16.3. The molecule has 0 radical (unpaired) electrons. The van der Waals surface area contributed by atoms with Crippen LogP contribution in [0.1, 0.15) is 206 Å². The maximum atomic E-state index is 14.4. The van der Waals surface area contributed by atoms with Gasteiger partial charge in [-0.1, -0.05) is 84.0 Å². The molecule has 7 atom stereocenters. The third-order valence-corrected chi connectivity index (χ3v) is 14.0. The number of nitrogens with zero attached hydrogens (tertiary/aromatic N) is 1. The summed E-state index contributed by atoms with van der Waals surface area (Å²) in [7, 11) is 0. The van der Waals surface area contributed by atoms with E-state index in [1.165, 1.54) is 51.4 Å². The van der Waals surface area contributed by atoms with Gasteiger partial charge in [-0.05, 0) is 142 Å². The van der Waals surface area contributed by atoms with E-state index in [1.807, 2.05) is 0 Å². The molecule has 3 unspecified atom stereocenters. The molecule has 0 aromatic carbocycles. The second-order valence-corrected chi connectivity index (χ2v) is 21.1. The van der Waals surface area contributed by atoms with Gasteiger partial charge in [0.15, 0.2) is 5.96 Å². The lowest BCUT2D eigenvalue weighted by atomic mass is 10.0. The number of aliphatic hydroxyl groups is 1. The number of carbonyl (C=O) groups is 8. The van der Waals surface area contributed by atoms with E-state index in [4.69, 9.17) is 34.4 Å². The Kier molecular flexibility index (Phi) is 42.3. The maximum absolute atomic E-state index is 14.4. The van der Waals surface area contributed by atoms with Crippen LogP contribution in [-0.4, -0.2) is 146 Å². The van der Waals surface area contributed by atoms with Crippen LogP contribution >= 0.6 is 0 Å². The Bertz CT molecular complexity index is 1760. The van der Waals surface area contributed by atoms with E-state index in [0.29, 0.717) is 90.4 Å². The van der Waals surface area contributed by atoms with Crippen LogP contribution in [0.15, 0.2) is 4.99 Å². The number of amides is 8. The Morgan fingerprint density at radius 1 is 0.557 bits per heavy atom. The molecule has 0 aromatic heterocycles. The van der Waals surface area contributed by atoms with Crippen LogP contribution in [0.25, 0.3) is 0 Å². The zero-order chi connectivity index (χ0) is 58.5. The van der Waals surface area contributed by atoms with Crippen molar-refractivity contribution < 1.29 is 43.5 Å². The van der Waals surface area contributed by atoms with Crippen molar-refractivity contribution >= 4 is 53.2 Å². The smallest absolute Gasteiger partial charge is 0.243 e. The summed E-state index contributed by atoms with van der Waals surface area (Å²) in [6.45, 7) is 3.36. The molecule has 1 aliphatic heterocycles. The monoisotopic (exact) mass is 1120 g/mol. The standard InChI is InChI=1S/C55H107N15O9/c1-2-3-4-5-6-7-8-9-10-11-12-13-25-40(71)38-47(72)64-39-48(73)65-42(31-24-37-63-55(60)61)50(75)67-46-30-18-23-36-62-49(74)41(26-14-19-32-56)66-51(76)43(27-15-20-33-57)68-52(77)44(28-16-21-34-58)69-53(78)45(70-54(46)79)29-17-22-35-59/h40-46,71H,2-39,56-59H2,1H3,(H,62,74)(H,64,72)(H,65,73)(H,66,76)(H,67,75)(H,68,77)(H,69,78)(H,70,79)(H4,60,61,63)/t40-,41?,42+,43-,44-,45?,46?/m1/s1. The van der Waals surface area contributed by atoms with Gasteiger partial charge in [-0.2, -0.15) is 0 Å². The highest BCUT2D eigenvalue weighted by Gasteiger charge is 2.33. The molecule has 0 saturated carbocycles. The Labute approximate surface area is 471 Å². The van der Waals surface area contributed by atoms with E-state index in [-0.39, 0.29) is 76.8 Å². The van der Waals surface area contributed by atoms with Crippen LogP contribution in [0, 0.1) is 0 Å². The quantitative estimate of drug-likeness (QED) is 0.0228. The third-order valence-electron chi connectivity index (χ3n) is 14.0. The fraction of sp³-hybridized carbons (Fsp3) is 0.836. The van der Waals surface area contributed by atoms with Crippen LogP contribution in [0.2, 0.25) is 0 Å². The van der Waals surface area contributed by atoms with E-state index in [0.717, 1.165) is 25.7 Å². The number of carbonyl (C=O) groups excluding carboxylic acids is 8. The zero-order valence-corrected chi connectivity index (χ0v) is 48.0. The van der Waals surface area contributed by atoms with Gasteiger partial charge in [-0.25, -0.2) is 0 Å². The molecule has 1 saturated heterocycles. The van der Waals surface area contributed by atoms with Gasteiger partial charge < -0.3 is 82.0 Å². The van der Waals surface area contributed by atoms with Crippen molar-refractivity contribution in [2.45, 2.75) is 248 Å². The van der Waals surface area contributed by atoms with Gasteiger partial charge in [-0.3, -0.25) is 43.3 Å². The molecule has 456 valence electrons. The summed E-state index contributed by atoms with van der Waals surface area (Å²) in [4.78, 5) is 115. The number of aliphatic imine (C=N–C) groups is 1. The summed E-state index contributed by atoms with van der Waals surface area (Å²) in [6, 6.07) is -6.87. The molecule has 24 heteroatoms. The summed E-state index contributed by atoms with van der Waals surface area (Å²) in [5.74, 6) is -5.21. The van der Waals surface area contributed by atoms with Crippen LogP contribution in [0.3, 0.4) is 0 Å². The number of nitrogens with two attached hydrogens (primary N) is 6. The van der Waals surface area contributed by atoms with E-state index in [9.17, 15) is 43.5 Å². The first-order valence-corrected chi connectivity index (χ1v) is 30.0. The molecule has 0 aromatic rings. The van der Waals surface area contributed by atoms with Gasteiger partial charge in [-0.15, -0.1) is 0 Å². The number of guanidine groups is 1. The van der Waals surface area contributed by atoms with Gasteiger partial charge >= 0.3 is 0 Å². The lowest BCUT2D eigenvalue weighted by Crippen LogP contribution is -2.59. The van der Waals surface area contributed by atoms with Crippen LogP contribution in [0.4, 0.5) is 0 Å². The van der Waals surface area contributed by atoms with Gasteiger partial charge in [0, 0.05) is 13.1 Å². The van der Waals surface area contributed by atoms with E-state index >= 15 is 0 Å². The summed E-state index contributed by atoms with van der Waals surface area (Å²) >= 11 is 0. The largest absolute Gasteiger partial charge is 0.393 e. The van der Waals surface area contributed by atoms with Crippen molar-refractivity contribution in [3.05, 3.63) is 0 Å². The highest BCUT2D eigenvalue weighted by Crippen LogP contribution is 2.15.